The minimum absolute atomic E-state index is 0.177. The van der Waals surface area contributed by atoms with Gasteiger partial charge in [0.05, 0.1) is 18.3 Å². The average Bonchev–Trinajstić information content (AvgIpc) is 2.95. The quantitative estimate of drug-likeness (QED) is 0.750. The topological polar surface area (TPSA) is 44.4 Å². The van der Waals surface area contributed by atoms with Crippen LogP contribution >= 0.6 is 0 Å². The number of ether oxygens (including phenoxy) is 1. The van der Waals surface area contributed by atoms with Gasteiger partial charge in [0.1, 0.15) is 11.6 Å². The Hall–Kier alpha value is -2.44. The average molecular weight is 368 g/mol. The highest BCUT2D eigenvalue weighted by Crippen LogP contribution is 2.23. The van der Waals surface area contributed by atoms with Gasteiger partial charge in [-0.25, -0.2) is 4.39 Å². The van der Waals surface area contributed by atoms with E-state index < -0.39 is 0 Å². The van der Waals surface area contributed by atoms with Crippen LogP contribution in [-0.2, 0) is 13.1 Å². The molecule has 1 fully saturated rings. The first-order chi connectivity index (χ1) is 13.2. The minimum atomic E-state index is -0.177. The summed E-state index contributed by atoms with van der Waals surface area (Å²) < 4.78 is 18.4. The van der Waals surface area contributed by atoms with Crippen molar-refractivity contribution in [2.24, 2.45) is 0 Å². The second kappa shape index (κ2) is 8.06. The number of nitrogens with zero attached hydrogens (tertiary/aromatic N) is 3. The number of aromatic nitrogens is 2. The van der Waals surface area contributed by atoms with Crippen LogP contribution in [0.15, 0.2) is 42.5 Å². The lowest BCUT2D eigenvalue weighted by Gasteiger charge is -2.21. The Morgan fingerprint density at radius 1 is 1.00 bits per heavy atom. The fraction of sp³-hybridized carbons (Fsp3) is 0.381. The molecule has 4 rings (SSSR count). The summed E-state index contributed by atoms with van der Waals surface area (Å²) in [5.74, 6) is 0.677. The Bertz CT molecular complexity index is 893. The third-order valence-electron chi connectivity index (χ3n) is 5.22. The monoisotopic (exact) mass is 368 g/mol. The Balaban J connectivity index is 1.39. The summed E-state index contributed by atoms with van der Waals surface area (Å²) in [6.45, 7) is 5.86. The van der Waals surface area contributed by atoms with Gasteiger partial charge in [-0.3, -0.25) is 14.9 Å². The van der Waals surface area contributed by atoms with E-state index in [4.69, 9.17) is 4.74 Å². The van der Waals surface area contributed by atoms with Gasteiger partial charge in [-0.05, 0) is 55.4 Å². The van der Waals surface area contributed by atoms with Gasteiger partial charge in [0.25, 0.3) is 0 Å². The molecule has 2 heterocycles. The standard InChI is InChI=1S/C21H25FN4O/c1-27-18-7-8-20-19(13-18)21(24-23-20)15-26-10-2-9-25(11-12-26)14-16-3-5-17(22)6-4-16/h3-8,13H,2,9-12,14-15H2,1H3,(H,23,24). The van der Waals surface area contributed by atoms with Gasteiger partial charge in [-0.2, -0.15) is 5.10 Å². The predicted molar refractivity (Wildman–Crippen MR) is 104 cm³/mol. The molecule has 1 aliphatic heterocycles. The van der Waals surface area contributed by atoms with Crippen LogP contribution in [0.25, 0.3) is 10.9 Å². The lowest BCUT2D eigenvalue weighted by atomic mass is 10.2. The fourth-order valence-corrected chi connectivity index (χ4v) is 3.70. The summed E-state index contributed by atoms with van der Waals surface area (Å²) in [6.07, 6.45) is 1.12. The summed E-state index contributed by atoms with van der Waals surface area (Å²) in [6, 6.07) is 12.8. The molecule has 6 heteroatoms. The summed E-state index contributed by atoms with van der Waals surface area (Å²) in [4.78, 5) is 4.92. The van der Waals surface area contributed by atoms with Crippen molar-refractivity contribution in [1.82, 2.24) is 20.0 Å². The van der Waals surface area contributed by atoms with Gasteiger partial charge in [-0.1, -0.05) is 12.1 Å². The van der Waals surface area contributed by atoms with Gasteiger partial charge in [0.15, 0.2) is 0 Å². The summed E-state index contributed by atoms with van der Waals surface area (Å²) >= 11 is 0. The second-order valence-electron chi connectivity index (χ2n) is 7.12. The molecule has 0 spiro atoms. The van der Waals surface area contributed by atoms with Gasteiger partial charge >= 0.3 is 0 Å². The molecule has 27 heavy (non-hydrogen) atoms. The zero-order chi connectivity index (χ0) is 18.6. The van der Waals surface area contributed by atoms with Crippen LogP contribution in [0.3, 0.4) is 0 Å². The van der Waals surface area contributed by atoms with E-state index in [0.717, 1.165) is 73.6 Å². The lowest BCUT2D eigenvalue weighted by molar-refractivity contribution is 0.246. The highest BCUT2D eigenvalue weighted by atomic mass is 19.1. The Kier molecular flexibility index (Phi) is 5.36. The SMILES string of the molecule is COc1ccc2n[nH]c(CN3CCCN(Cc4ccc(F)cc4)CC3)c2c1. The molecular formula is C21H25FN4O. The molecule has 0 saturated carbocycles. The molecule has 0 radical (unpaired) electrons. The second-order valence-corrected chi connectivity index (χ2v) is 7.12. The third kappa shape index (κ3) is 4.28. The molecule has 0 amide bonds. The molecule has 1 saturated heterocycles. The van der Waals surface area contributed by atoms with E-state index in [9.17, 15) is 4.39 Å². The van der Waals surface area contributed by atoms with Crippen LogP contribution in [0.1, 0.15) is 17.7 Å². The number of fused-ring (bicyclic) bond motifs is 1. The predicted octanol–water partition coefficient (Wildman–Crippen LogP) is 3.42. The molecule has 0 bridgehead atoms. The molecule has 1 aromatic heterocycles. The number of rotatable bonds is 5. The largest absolute Gasteiger partial charge is 0.497 e. The molecule has 0 aliphatic carbocycles. The highest BCUT2D eigenvalue weighted by molar-refractivity contribution is 5.82. The van der Waals surface area contributed by atoms with Gasteiger partial charge in [0.2, 0.25) is 0 Å². The first-order valence-electron chi connectivity index (χ1n) is 9.41. The summed E-state index contributed by atoms with van der Waals surface area (Å²) in [7, 11) is 1.69. The van der Waals surface area contributed by atoms with E-state index in [1.54, 1.807) is 7.11 Å². The van der Waals surface area contributed by atoms with Crippen molar-refractivity contribution < 1.29 is 9.13 Å². The Morgan fingerprint density at radius 2 is 1.74 bits per heavy atom. The van der Waals surface area contributed by atoms with E-state index in [1.807, 2.05) is 30.3 Å². The molecule has 3 aromatic rings. The number of aromatic amines is 1. The number of methoxy groups -OCH3 is 1. The molecule has 1 N–H and O–H groups in total. The van der Waals surface area contributed by atoms with Crippen molar-refractivity contribution in [3.8, 4) is 5.75 Å². The smallest absolute Gasteiger partial charge is 0.123 e. The highest BCUT2D eigenvalue weighted by Gasteiger charge is 2.17. The number of hydrogen-bond acceptors (Lipinski definition) is 4. The molecule has 0 atom stereocenters. The van der Waals surface area contributed by atoms with Gasteiger partial charge < -0.3 is 4.74 Å². The molecule has 1 aliphatic rings. The van der Waals surface area contributed by atoms with Crippen molar-refractivity contribution in [2.75, 3.05) is 33.3 Å². The number of halogens is 1. The van der Waals surface area contributed by atoms with Crippen LogP contribution in [0.4, 0.5) is 4.39 Å². The zero-order valence-electron chi connectivity index (χ0n) is 15.6. The number of nitrogens with one attached hydrogen (secondary N) is 1. The van der Waals surface area contributed by atoms with E-state index >= 15 is 0 Å². The van der Waals surface area contributed by atoms with E-state index in [0.29, 0.717) is 0 Å². The molecular weight excluding hydrogens is 343 g/mol. The van der Waals surface area contributed by atoms with Crippen molar-refractivity contribution in [3.05, 3.63) is 59.5 Å². The van der Waals surface area contributed by atoms with Crippen LogP contribution in [0.2, 0.25) is 0 Å². The molecule has 2 aromatic carbocycles. The zero-order valence-corrected chi connectivity index (χ0v) is 15.6. The maximum Gasteiger partial charge on any atom is 0.123 e. The minimum Gasteiger partial charge on any atom is -0.497 e. The van der Waals surface area contributed by atoms with E-state index in [-0.39, 0.29) is 5.82 Å². The van der Waals surface area contributed by atoms with Crippen molar-refractivity contribution in [1.29, 1.82) is 0 Å². The maximum absolute atomic E-state index is 13.1. The van der Waals surface area contributed by atoms with E-state index in [2.05, 4.69) is 20.0 Å². The van der Waals surface area contributed by atoms with Crippen molar-refractivity contribution in [3.63, 3.8) is 0 Å². The molecule has 0 unspecified atom stereocenters. The van der Waals surface area contributed by atoms with E-state index in [1.165, 1.54) is 12.1 Å². The first-order valence-corrected chi connectivity index (χ1v) is 9.41. The maximum atomic E-state index is 13.1. The van der Waals surface area contributed by atoms with Crippen molar-refractivity contribution in [2.45, 2.75) is 19.5 Å². The molecule has 142 valence electrons. The fourth-order valence-electron chi connectivity index (χ4n) is 3.70. The van der Waals surface area contributed by atoms with Crippen LogP contribution in [0.5, 0.6) is 5.75 Å². The van der Waals surface area contributed by atoms with Gasteiger partial charge in [0, 0.05) is 31.6 Å². The first kappa shape index (κ1) is 17.9. The number of H-pyrrole nitrogens is 1. The van der Waals surface area contributed by atoms with Crippen molar-refractivity contribution >= 4 is 10.9 Å². The summed E-state index contributed by atoms with van der Waals surface area (Å²) in [5.41, 5.74) is 3.27. The third-order valence-corrected chi connectivity index (χ3v) is 5.22. The number of benzene rings is 2. The number of hydrogen-bond donors (Lipinski definition) is 1. The van der Waals surface area contributed by atoms with Crippen LogP contribution in [0, 0.1) is 5.82 Å². The normalized spacial score (nSPS) is 16.5. The molecule has 5 nitrogen and oxygen atoms in total. The van der Waals surface area contributed by atoms with Crippen LogP contribution in [-0.4, -0.2) is 53.3 Å². The van der Waals surface area contributed by atoms with Gasteiger partial charge in [-0.15, -0.1) is 0 Å². The Morgan fingerprint density at radius 3 is 2.48 bits per heavy atom. The lowest BCUT2D eigenvalue weighted by Crippen LogP contribution is -2.30. The Labute approximate surface area is 158 Å². The summed E-state index contributed by atoms with van der Waals surface area (Å²) in [5, 5.41) is 8.73. The van der Waals surface area contributed by atoms with Crippen LogP contribution < -0.4 is 4.74 Å².